The van der Waals surface area contributed by atoms with Gasteiger partial charge in [0.2, 0.25) is 0 Å². The fraction of sp³-hybridized carbons (Fsp3) is 0.538. The molecule has 0 aromatic carbocycles. The third kappa shape index (κ3) is 4.71. The average Bonchev–Trinajstić information content (AvgIpc) is 2.35. The molecule has 5 heteroatoms. The first kappa shape index (κ1) is 14.4. The molecule has 1 aromatic heterocycles. The highest BCUT2D eigenvalue weighted by molar-refractivity contribution is 5.92. The molecule has 0 aliphatic rings. The number of hydrogen-bond donors (Lipinski definition) is 2. The molecule has 0 spiro atoms. The number of carbonyl (C=O) groups is 1. The van der Waals surface area contributed by atoms with Crippen molar-refractivity contribution in [1.82, 2.24) is 10.3 Å². The second kappa shape index (κ2) is 6.96. The van der Waals surface area contributed by atoms with E-state index in [1.807, 2.05) is 6.92 Å². The minimum Gasteiger partial charge on any atom is -0.497 e. The van der Waals surface area contributed by atoms with E-state index in [1.165, 1.54) is 6.20 Å². The van der Waals surface area contributed by atoms with Crippen LogP contribution < -0.4 is 10.1 Å². The van der Waals surface area contributed by atoms with Crippen LogP contribution in [0, 0.1) is 5.92 Å². The lowest BCUT2D eigenvalue weighted by molar-refractivity contribution is 0.0934. The Morgan fingerprint density at radius 1 is 1.56 bits per heavy atom. The van der Waals surface area contributed by atoms with Gasteiger partial charge < -0.3 is 15.2 Å². The number of ether oxygens (including phenoxy) is 1. The topological polar surface area (TPSA) is 71.5 Å². The zero-order valence-electron chi connectivity index (χ0n) is 11.0. The summed E-state index contributed by atoms with van der Waals surface area (Å²) in [4.78, 5) is 15.8. The van der Waals surface area contributed by atoms with E-state index in [4.69, 9.17) is 4.74 Å². The number of nitrogens with one attached hydrogen (secondary N) is 1. The van der Waals surface area contributed by atoms with E-state index in [2.05, 4.69) is 10.3 Å². The van der Waals surface area contributed by atoms with Crippen LogP contribution in [0.3, 0.4) is 0 Å². The smallest absolute Gasteiger partial charge is 0.270 e. The van der Waals surface area contributed by atoms with Crippen LogP contribution in [0.15, 0.2) is 18.3 Å². The fourth-order valence-electron chi connectivity index (χ4n) is 1.69. The molecule has 0 bridgehead atoms. The zero-order valence-corrected chi connectivity index (χ0v) is 11.0. The molecule has 1 aromatic rings. The van der Waals surface area contributed by atoms with Gasteiger partial charge >= 0.3 is 0 Å². The maximum absolute atomic E-state index is 11.8. The molecule has 5 nitrogen and oxygen atoms in total. The summed E-state index contributed by atoms with van der Waals surface area (Å²) in [7, 11) is 1.54. The van der Waals surface area contributed by atoms with Crippen molar-refractivity contribution < 1.29 is 14.6 Å². The molecule has 100 valence electrons. The number of aliphatic hydroxyl groups excluding tert-OH is 1. The van der Waals surface area contributed by atoms with Gasteiger partial charge in [0, 0.05) is 18.8 Å². The van der Waals surface area contributed by atoms with Gasteiger partial charge in [-0.05, 0) is 25.3 Å². The van der Waals surface area contributed by atoms with Gasteiger partial charge in [-0.25, -0.2) is 0 Å². The summed E-state index contributed by atoms with van der Waals surface area (Å²) in [5.74, 6) is 0.595. The molecule has 0 aliphatic heterocycles. The summed E-state index contributed by atoms with van der Waals surface area (Å²) in [5, 5.41) is 12.0. The summed E-state index contributed by atoms with van der Waals surface area (Å²) in [6.07, 6.45) is 1.84. The Hall–Kier alpha value is -1.62. The predicted molar refractivity (Wildman–Crippen MR) is 68.6 cm³/mol. The van der Waals surface area contributed by atoms with Crippen molar-refractivity contribution in [2.75, 3.05) is 13.7 Å². The molecule has 0 fully saturated rings. The van der Waals surface area contributed by atoms with E-state index in [1.54, 1.807) is 26.2 Å². The number of rotatable bonds is 6. The Bertz CT molecular complexity index is 394. The van der Waals surface area contributed by atoms with Crippen LogP contribution >= 0.6 is 0 Å². The predicted octanol–water partition coefficient (Wildman–Crippen LogP) is 1.23. The summed E-state index contributed by atoms with van der Waals surface area (Å²) in [6.45, 7) is 4.23. The Morgan fingerprint density at radius 3 is 2.89 bits per heavy atom. The highest BCUT2D eigenvalue weighted by Crippen LogP contribution is 2.10. The van der Waals surface area contributed by atoms with E-state index in [-0.39, 0.29) is 17.9 Å². The van der Waals surface area contributed by atoms with Crippen LogP contribution in [-0.4, -0.2) is 35.8 Å². The molecule has 1 heterocycles. The van der Waals surface area contributed by atoms with Crippen molar-refractivity contribution in [3.8, 4) is 5.75 Å². The number of aliphatic hydroxyl groups is 1. The fourth-order valence-corrected chi connectivity index (χ4v) is 1.69. The normalized spacial score (nSPS) is 13.8. The van der Waals surface area contributed by atoms with Crippen LogP contribution in [0.2, 0.25) is 0 Å². The summed E-state index contributed by atoms with van der Waals surface area (Å²) >= 11 is 0. The lowest BCUT2D eigenvalue weighted by Crippen LogP contribution is -2.30. The van der Waals surface area contributed by atoms with Crippen molar-refractivity contribution >= 4 is 5.91 Å². The van der Waals surface area contributed by atoms with Gasteiger partial charge in [0.1, 0.15) is 11.4 Å². The maximum Gasteiger partial charge on any atom is 0.270 e. The van der Waals surface area contributed by atoms with Crippen LogP contribution in [0.5, 0.6) is 5.75 Å². The first-order valence-corrected chi connectivity index (χ1v) is 5.99. The first-order valence-electron chi connectivity index (χ1n) is 5.99. The van der Waals surface area contributed by atoms with E-state index >= 15 is 0 Å². The molecule has 2 unspecified atom stereocenters. The van der Waals surface area contributed by atoms with Crippen LogP contribution in [0.4, 0.5) is 0 Å². The Kier molecular flexibility index (Phi) is 5.58. The SMILES string of the molecule is COc1ccnc(C(=O)NCC(C)CC(C)O)c1. The molecular weight excluding hydrogens is 232 g/mol. The number of carbonyl (C=O) groups excluding carboxylic acids is 1. The van der Waals surface area contributed by atoms with E-state index < -0.39 is 0 Å². The van der Waals surface area contributed by atoms with Crippen molar-refractivity contribution in [1.29, 1.82) is 0 Å². The van der Waals surface area contributed by atoms with Gasteiger partial charge in [-0.15, -0.1) is 0 Å². The van der Waals surface area contributed by atoms with Gasteiger partial charge in [0.15, 0.2) is 0 Å². The monoisotopic (exact) mass is 252 g/mol. The summed E-state index contributed by atoms with van der Waals surface area (Å²) in [5.41, 5.74) is 0.332. The zero-order chi connectivity index (χ0) is 13.5. The van der Waals surface area contributed by atoms with Crippen LogP contribution in [-0.2, 0) is 0 Å². The van der Waals surface area contributed by atoms with Crippen molar-refractivity contribution in [2.24, 2.45) is 5.92 Å². The minimum absolute atomic E-state index is 0.222. The summed E-state index contributed by atoms with van der Waals surface area (Å²) in [6, 6.07) is 3.28. The number of nitrogens with zero attached hydrogens (tertiary/aromatic N) is 1. The number of amides is 1. The average molecular weight is 252 g/mol. The van der Waals surface area contributed by atoms with E-state index in [0.717, 1.165) is 0 Å². The lowest BCUT2D eigenvalue weighted by Gasteiger charge is -2.14. The summed E-state index contributed by atoms with van der Waals surface area (Å²) < 4.78 is 5.03. The number of pyridine rings is 1. The maximum atomic E-state index is 11.8. The van der Waals surface area contributed by atoms with Crippen LogP contribution in [0.25, 0.3) is 0 Å². The molecule has 0 aliphatic carbocycles. The van der Waals surface area contributed by atoms with Gasteiger partial charge in [-0.3, -0.25) is 9.78 Å². The number of aromatic nitrogens is 1. The second-order valence-corrected chi connectivity index (χ2v) is 4.48. The third-order valence-electron chi connectivity index (χ3n) is 2.55. The molecular formula is C13H20N2O3. The first-order chi connectivity index (χ1) is 8.52. The van der Waals surface area contributed by atoms with Crippen molar-refractivity contribution in [3.05, 3.63) is 24.0 Å². The molecule has 1 amide bonds. The van der Waals surface area contributed by atoms with E-state index in [0.29, 0.717) is 24.4 Å². The lowest BCUT2D eigenvalue weighted by atomic mass is 10.0. The molecule has 1 rings (SSSR count). The van der Waals surface area contributed by atoms with Gasteiger partial charge in [0.05, 0.1) is 13.2 Å². The van der Waals surface area contributed by atoms with Gasteiger partial charge in [-0.1, -0.05) is 6.92 Å². The molecule has 2 N–H and O–H groups in total. The van der Waals surface area contributed by atoms with Gasteiger partial charge in [-0.2, -0.15) is 0 Å². The van der Waals surface area contributed by atoms with Crippen LogP contribution in [0.1, 0.15) is 30.8 Å². The quantitative estimate of drug-likeness (QED) is 0.798. The van der Waals surface area contributed by atoms with Crippen molar-refractivity contribution in [2.45, 2.75) is 26.4 Å². The highest BCUT2D eigenvalue weighted by atomic mass is 16.5. The third-order valence-corrected chi connectivity index (χ3v) is 2.55. The molecule has 0 saturated carbocycles. The van der Waals surface area contributed by atoms with E-state index in [9.17, 15) is 9.90 Å². The second-order valence-electron chi connectivity index (χ2n) is 4.48. The Balaban J connectivity index is 2.49. The minimum atomic E-state index is -0.355. The van der Waals surface area contributed by atoms with Crippen molar-refractivity contribution in [3.63, 3.8) is 0 Å². The molecule has 2 atom stereocenters. The largest absolute Gasteiger partial charge is 0.497 e. The molecule has 0 radical (unpaired) electrons. The number of hydrogen-bond acceptors (Lipinski definition) is 4. The highest BCUT2D eigenvalue weighted by Gasteiger charge is 2.11. The Morgan fingerprint density at radius 2 is 2.28 bits per heavy atom. The molecule has 18 heavy (non-hydrogen) atoms. The Labute approximate surface area is 107 Å². The molecule has 0 saturated heterocycles. The standard InChI is InChI=1S/C13H20N2O3/c1-9(6-10(2)16)8-15-13(17)12-7-11(18-3)4-5-14-12/h4-5,7,9-10,16H,6,8H2,1-3H3,(H,15,17). The van der Waals surface area contributed by atoms with Gasteiger partial charge in [0.25, 0.3) is 5.91 Å². The number of methoxy groups -OCH3 is 1.